The quantitative estimate of drug-likeness (QED) is 0.258. The van der Waals surface area contributed by atoms with Gasteiger partial charge in [-0.05, 0) is 67.3 Å². The Bertz CT molecular complexity index is 1040. The van der Waals surface area contributed by atoms with Crippen LogP contribution in [0.2, 0.25) is 0 Å². The molecule has 192 valence electrons. The first-order valence-corrected chi connectivity index (χ1v) is 13.2. The summed E-state index contributed by atoms with van der Waals surface area (Å²) in [6.07, 6.45) is 3.93. The van der Waals surface area contributed by atoms with E-state index in [0.29, 0.717) is 31.1 Å². The average Bonchev–Trinajstić information content (AvgIpc) is 2.85. The third kappa shape index (κ3) is 7.17. The van der Waals surface area contributed by atoms with Gasteiger partial charge in [-0.15, -0.1) is 0 Å². The zero-order valence-corrected chi connectivity index (χ0v) is 25.7. The van der Waals surface area contributed by atoms with Crippen LogP contribution in [0.1, 0.15) is 95.5 Å². The second-order valence-electron chi connectivity index (χ2n) is 11.0. The van der Waals surface area contributed by atoms with Gasteiger partial charge in [-0.1, -0.05) is 89.2 Å². The molecule has 0 aliphatic heterocycles. The van der Waals surface area contributed by atoms with Gasteiger partial charge in [0, 0.05) is 51.1 Å². The molecule has 0 fully saturated rings. The van der Waals surface area contributed by atoms with Crippen LogP contribution < -0.4 is 4.90 Å². The van der Waals surface area contributed by atoms with Crippen LogP contribution in [0.4, 0.5) is 5.69 Å². The van der Waals surface area contributed by atoms with Gasteiger partial charge in [-0.3, -0.25) is 4.98 Å². The fraction of sp³-hybridized carbons (Fsp3) is 0.469. The summed E-state index contributed by atoms with van der Waals surface area (Å²) < 4.78 is 0. The topological polar surface area (TPSA) is 36.4 Å². The standard InChI is InChI=1S/C32H44N2O.Zr/c1-8-32(35,23-26-15-10-9-11-16-26)20-22-34(31(6,7)29-19-12-13-21-33-29)30-27(24(2)3)17-14-18-28(30)25(4)5;/h9-19,21,24-25,35H,8,20,22-23H2,1-7H3;. The van der Waals surface area contributed by atoms with E-state index in [0.717, 1.165) is 12.2 Å². The Morgan fingerprint density at radius 1 is 0.833 bits per heavy atom. The molecule has 1 N–H and O–H groups in total. The predicted molar refractivity (Wildman–Crippen MR) is 149 cm³/mol. The first kappa shape index (κ1) is 30.5. The number of hydrogen-bond acceptors (Lipinski definition) is 3. The van der Waals surface area contributed by atoms with Crippen LogP contribution in [0.5, 0.6) is 0 Å². The van der Waals surface area contributed by atoms with Crippen molar-refractivity contribution in [3.63, 3.8) is 0 Å². The molecule has 0 saturated carbocycles. The van der Waals surface area contributed by atoms with E-state index in [1.54, 1.807) is 0 Å². The van der Waals surface area contributed by atoms with Gasteiger partial charge >= 0.3 is 0 Å². The van der Waals surface area contributed by atoms with Gasteiger partial charge in [0.15, 0.2) is 0 Å². The van der Waals surface area contributed by atoms with Crippen molar-refractivity contribution in [3.8, 4) is 0 Å². The maximum atomic E-state index is 11.7. The van der Waals surface area contributed by atoms with E-state index in [2.05, 4.69) is 108 Å². The molecule has 1 unspecified atom stereocenters. The molecule has 0 radical (unpaired) electrons. The monoisotopic (exact) mass is 562 g/mol. The van der Waals surface area contributed by atoms with Crippen LogP contribution in [-0.2, 0) is 38.2 Å². The van der Waals surface area contributed by atoms with Crippen molar-refractivity contribution in [1.29, 1.82) is 0 Å². The molecule has 3 aromatic rings. The van der Waals surface area contributed by atoms with Crippen LogP contribution in [0, 0.1) is 0 Å². The number of benzene rings is 2. The van der Waals surface area contributed by atoms with Crippen LogP contribution in [0.3, 0.4) is 0 Å². The Kier molecular flexibility index (Phi) is 11.1. The number of para-hydroxylation sites is 1. The molecule has 36 heavy (non-hydrogen) atoms. The summed E-state index contributed by atoms with van der Waals surface area (Å²) in [5.41, 5.74) is 5.09. The Morgan fingerprint density at radius 2 is 1.42 bits per heavy atom. The summed E-state index contributed by atoms with van der Waals surface area (Å²) in [7, 11) is 0. The predicted octanol–water partition coefficient (Wildman–Crippen LogP) is 7.84. The van der Waals surface area contributed by atoms with Crippen LogP contribution in [0.25, 0.3) is 0 Å². The van der Waals surface area contributed by atoms with Gasteiger partial charge in [0.2, 0.25) is 0 Å². The molecule has 1 atom stereocenters. The van der Waals surface area contributed by atoms with Gasteiger partial charge in [-0.2, -0.15) is 0 Å². The minimum Gasteiger partial charge on any atom is -0.389 e. The molecule has 0 bridgehead atoms. The van der Waals surface area contributed by atoms with Gasteiger partial charge < -0.3 is 10.0 Å². The summed E-state index contributed by atoms with van der Waals surface area (Å²) in [5.74, 6) is 0.778. The molecule has 1 aromatic heterocycles. The zero-order valence-electron chi connectivity index (χ0n) is 23.3. The SMILES string of the molecule is CCC(O)(CCN(c1c(C(C)C)cccc1C(C)C)C(C)(C)c1ccccn1)Cc1ccccc1.[Zr]. The molecule has 0 aliphatic carbocycles. The number of nitrogens with zero attached hydrogens (tertiary/aromatic N) is 2. The van der Waals surface area contributed by atoms with Gasteiger partial charge in [0.05, 0.1) is 16.8 Å². The number of anilines is 1. The van der Waals surface area contributed by atoms with Gasteiger partial charge in [-0.25, -0.2) is 0 Å². The van der Waals surface area contributed by atoms with Crippen molar-refractivity contribution in [2.75, 3.05) is 11.4 Å². The first-order chi connectivity index (χ1) is 16.6. The van der Waals surface area contributed by atoms with Crippen molar-refractivity contribution in [3.05, 3.63) is 95.3 Å². The smallest absolute Gasteiger partial charge is 0.0768 e. The van der Waals surface area contributed by atoms with E-state index in [4.69, 9.17) is 4.98 Å². The van der Waals surface area contributed by atoms with E-state index in [1.807, 2.05) is 18.3 Å². The maximum Gasteiger partial charge on any atom is 0.0768 e. The average molecular weight is 564 g/mol. The minimum atomic E-state index is -0.773. The molecular formula is C32H44N2OZr. The first-order valence-electron chi connectivity index (χ1n) is 13.2. The maximum absolute atomic E-state index is 11.7. The minimum absolute atomic E-state index is 0. The number of aromatic nitrogens is 1. The van der Waals surface area contributed by atoms with E-state index < -0.39 is 5.60 Å². The molecule has 3 rings (SSSR count). The van der Waals surface area contributed by atoms with Crippen LogP contribution in [0.15, 0.2) is 72.9 Å². The van der Waals surface area contributed by atoms with Gasteiger partial charge in [0.1, 0.15) is 0 Å². The molecule has 4 heteroatoms. The third-order valence-corrected chi connectivity index (χ3v) is 7.41. The van der Waals surface area contributed by atoms with E-state index in [1.165, 1.54) is 22.4 Å². The van der Waals surface area contributed by atoms with Crippen molar-refractivity contribution < 1.29 is 31.3 Å². The van der Waals surface area contributed by atoms with E-state index in [-0.39, 0.29) is 31.7 Å². The summed E-state index contributed by atoms with van der Waals surface area (Å²) in [5, 5.41) is 11.7. The van der Waals surface area contributed by atoms with Gasteiger partial charge in [0.25, 0.3) is 0 Å². The van der Waals surface area contributed by atoms with Crippen molar-refractivity contribution in [2.24, 2.45) is 0 Å². The number of hydrogen-bond donors (Lipinski definition) is 1. The summed E-state index contributed by atoms with van der Waals surface area (Å²) in [6.45, 7) is 16.4. The summed E-state index contributed by atoms with van der Waals surface area (Å²) in [6, 6.07) is 23.2. The Morgan fingerprint density at radius 3 is 1.92 bits per heavy atom. The fourth-order valence-corrected chi connectivity index (χ4v) is 5.04. The normalized spacial score (nSPS) is 13.4. The Labute approximate surface area is 238 Å². The van der Waals surface area contributed by atoms with Crippen LogP contribution in [-0.4, -0.2) is 22.2 Å². The molecule has 0 aliphatic rings. The largest absolute Gasteiger partial charge is 0.389 e. The number of pyridine rings is 1. The molecular weight excluding hydrogens is 520 g/mol. The van der Waals surface area contributed by atoms with Crippen molar-refractivity contribution in [1.82, 2.24) is 4.98 Å². The van der Waals surface area contributed by atoms with Crippen molar-refractivity contribution >= 4 is 5.69 Å². The summed E-state index contributed by atoms with van der Waals surface area (Å²) >= 11 is 0. The van der Waals surface area contributed by atoms with Crippen molar-refractivity contribution in [2.45, 2.75) is 90.7 Å². The summed E-state index contributed by atoms with van der Waals surface area (Å²) in [4.78, 5) is 7.29. The molecule has 0 spiro atoms. The Hall–Kier alpha value is -1.77. The molecule has 2 aromatic carbocycles. The molecule has 3 nitrogen and oxygen atoms in total. The second-order valence-corrected chi connectivity index (χ2v) is 11.0. The van der Waals surface area contributed by atoms with Crippen LogP contribution >= 0.6 is 0 Å². The Balaban J connectivity index is 0.00000456. The molecule has 0 amide bonds. The fourth-order valence-electron chi connectivity index (χ4n) is 5.04. The number of aliphatic hydroxyl groups is 1. The molecule has 0 saturated heterocycles. The molecule has 1 heterocycles. The third-order valence-electron chi connectivity index (χ3n) is 7.41. The van der Waals surface area contributed by atoms with E-state index in [9.17, 15) is 5.11 Å². The zero-order chi connectivity index (χ0) is 25.6. The second kappa shape index (κ2) is 13.2. The van der Waals surface area contributed by atoms with E-state index >= 15 is 0 Å². The number of rotatable bonds is 11.